The minimum absolute atomic E-state index is 0.290. The van der Waals surface area contributed by atoms with Crippen molar-refractivity contribution in [1.82, 2.24) is 0 Å². The predicted octanol–water partition coefficient (Wildman–Crippen LogP) is 6.30. The highest BCUT2D eigenvalue weighted by molar-refractivity contribution is 6.20. The Balaban J connectivity index is 2.41. The van der Waals surface area contributed by atoms with Gasteiger partial charge in [-0.2, -0.15) is 0 Å². The molecule has 3 heteroatoms. The van der Waals surface area contributed by atoms with E-state index in [0.29, 0.717) is 17.5 Å². The molecule has 0 saturated heterocycles. The van der Waals surface area contributed by atoms with E-state index in [9.17, 15) is 8.78 Å². The van der Waals surface area contributed by atoms with Crippen LogP contribution in [0.3, 0.4) is 0 Å². The number of hydrogen-bond acceptors (Lipinski definition) is 0. The van der Waals surface area contributed by atoms with Gasteiger partial charge < -0.3 is 0 Å². The summed E-state index contributed by atoms with van der Waals surface area (Å²) in [5.74, 6) is -0.783. The third-order valence-corrected chi connectivity index (χ3v) is 3.88. The Kier molecular flexibility index (Phi) is 7.37. The molecule has 1 aromatic rings. The zero-order valence-corrected chi connectivity index (χ0v) is 12.6. The van der Waals surface area contributed by atoms with Crippen LogP contribution in [0.4, 0.5) is 8.78 Å². The number of halogens is 3. The average Bonchev–Trinajstić information content (AvgIpc) is 2.37. The van der Waals surface area contributed by atoms with Gasteiger partial charge >= 0.3 is 0 Å². The first-order valence-corrected chi connectivity index (χ1v) is 7.59. The molecule has 108 valence electrons. The molecule has 19 heavy (non-hydrogen) atoms. The summed E-state index contributed by atoms with van der Waals surface area (Å²) >= 11 is 6.17. The molecular formula is C16H23ClF2. The molecular weight excluding hydrogens is 266 g/mol. The van der Waals surface area contributed by atoms with Crippen LogP contribution in [-0.4, -0.2) is 0 Å². The van der Waals surface area contributed by atoms with Crippen LogP contribution in [-0.2, 0) is 0 Å². The quantitative estimate of drug-likeness (QED) is 0.389. The second kappa shape index (κ2) is 8.52. The fourth-order valence-electron chi connectivity index (χ4n) is 2.16. The molecule has 0 fully saturated rings. The van der Waals surface area contributed by atoms with Gasteiger partial charge in [0.05, 0.1) is 5.38 Å². The fraction of sp³-hybridized carbons (Fsp3) is 0.625. The van der Waals surface area contributed by atoms with E-state index in [-0.39, 0.29) is 5.82 Å². The molecule has 1 atom stereocenters. The molecule has 0 aliphatic heterocycles. The van der Waals surface area contributed by atoms with Gasteiger partial charge in [-0.15, -0.1) is 11.6 Å². The number of aryl methyl sites for hydroxylation is 1. The summed E-state index contributed by atoms with van der Waals surface area (Å²) in [4.78, 5) is 0. The van der Waals surface area contributed by atoms with Gasteiger partial charge in [0, 0.05) is 5.56 Å². The summed E-state index contributed by atoms with van der Waals surface area (Å²) in [6.07, 6.45) is 7.71. The lowest BCUT2D eigenvalue weighted by Gasteiger charge is -2.12. The van der Waals surface area contributed by atoms with Crippen LogP contribution in [0, 0.1) is 18.6 Å². The molecule has 1 unspecified atom stereocenters. The second-order valence-electron chi connectivity index (χ2n) is 5.15. The first-order chi connectivity index (χ1) is 9.06. The van der Waals surface area contributed by atoms with Crippen LogP contribution in [0.1, 0.15) is 68.4 Å². The fourth-order valence-corrected chi connectivity index (χ4v) is 2.48. The normalized spacial score (nSPS) is 12.7. The number of alkyl halides is 1. The van der Waals surface area contributed by atoms with Gasteiger partial charge in [0.15, 0.2) is 0 Å². The zero-order chi connectivity index (χ0) is 14.3. The summed E-state index contributed by atoms with van der Waals surface area (Å²) in [5, 5.41) is -0.429. The van der Waals surface area contributed by atoms with E-state index in [2.05, 4.69) is 6.92 Å². The molecule has 0 spiro atoms. The molecule has 0 N–H and O–H groups in total. The Morgan fingerprint density at radius 2 is 1.63 bits per heavy atom. The van der Waals surface area contributed by atoms with Crippen molar-refractivity contribution in [3.05, 3.63) is 34.9 Å². The minimum atomic E-state index is -0.429. The SMILES string of the molecule is CCCCCCCCC(Cl)c1cc(F)c(C)cc1F. The Labute approximate surface area is 120 Å². The Morgan fingerprint density at radius 1 is 1.00 bits per heavy atom. The first kappa shape index (κ1) is 16.4. The number of hydrogen-bond donors (Lipinski definition) is 0. The largest absolute Gasteiger partial charge is 0.207 e. The lowest BCUT2D eigenvalue weighted by atomic mass is 10.0. The summed E-state index contributed by atoms with van der Waals surface area (Å²) in [6, 6.07) is 2.46. The van der Waals surface area contributed by atoms with Crippen LogP contribution in [0.25, 0.3) is 0 Å². The van der Waals surface area contributed by atoms with Gasteiger partial charge in [-0.25, -0.2) is 8.78 Å². The summed E-state index contributed by atoms with van der Waals surface area (Å²) in [5.41, 5.74) is 0.614. The van der Waals surface area contributed by atoms with E-state index in [4.69, 9.17) is 11.6 Å². The van der Waals surface area contributed by atoms with Crippen LogP contribution in [0.15, 0.2) is 12.1 Å². The van der Waals surface area contributed by atoms with Gasteiger partial charge in [-0.1, -0.05) is 45.4 Å². The Hall–Kier alpha value is -0.630. The van der Waals surface area contributed by atoms with Crippen molar-refractivity contribution in [2.75, 3.05) is 0 Å². The van der Waals surface area contributed by atoms with Gasteiger partial charge in [0.25, 0.3) is 0 Å². The second-order valence-corrected chi connectivity index (χ2v) is 5.67. The summed E-state index contributed by atoms with van der Waals surface area (Å²) in [7, 11) is 0. The van der Waals surface area contributed by atoms with Crippen molar-refractivity contribution >= 4 is 11.6 Å². The average molecular weight is 289 g/mol. The lowest BCUT2D eigenvalue weighted by molar-refractivity contribution is 0.554. The lowest BCUT2D eigenvalue weighted by Crippen LogP contribution is -1.98. The van der Waals surface area contributed by atoms with Crippen molar-refractivity contribution in [1.29, 1.82) is 0 Å². The van der Waals surface area contributed by atoms with Crippen LogP contribution in [0.2, 0.25) is 0 Å². The van der Waals surface area contributed by atoms with Crippen LogP contribution in [0.5, 0.6) is 0 Å². The molecule has 0 saturated carbocycles. The molecule has 0 amide bonds. The number of unbranched alkanes of at least 4 members (excludes halogenated alkanes) is 5. The Bertz CT molecular complexity index is 391. The Morgan fingerprint density at radius 3 is 2.32 bits per heavy atom. The highest BCUT2D eigenvalue weighted by Gasteiger charge is 2.15. The van der Waals surface area contributed by atoms with Crippen LogP contribution < -0.4 is 0 Å². The monoisotopic (exact) mass is 288 g/mol. The molecule has 1 rings (SSSR count). The highest BCUT2D eigenvalue weighted by Crippen LogP contribution is 2.30. The number of benzene rings is 1. The summed E-state index contributed by atoms with van der Waals surface area (Å²) in [6.45, 7) is 3.74. The molecule has 0 aromatic heterocycles. The van der Waals surface area contributed by atoms with Gasteiger partial charge in [0.1, 0.15) is 11.6 Å². The zero-order valence-electron chi connectivity index (χ0n) is 11.8. The third-order valence-electron chi connectivity index (χ3n) is 3.43. The number of rotatable bonds is 8. The minimum Gasteiger partial charge on any atom is -0.207 e. The van der Waals surface area contributed by atoms with Gasteiger partial charge in [0.2, 0.25) is 0 Å². The van der Waals surface area contributed by atoms with Gasteiger partial charge in [-0.3, -0.25) is 0 Å². The van der Waals surface area contributed by atoms with Gasteiger partial charge in [-0.05, 0) is 31.0 Å². The van der Waals surface area contributed by atoms with Crippen molar-refractivity contribution in [2.45, 2.75) is 64.2 Å². The van der Waals surface area contributed by atoms with Crippen molar-refractivity contribution < 1.29 is 8.78 Å². The first-order valence-electron chi connectivity index (χ1n) is 7.15. The van der Waals surface area contributed by atoms with Crippen molar-refractivity contribution in [2.24, 2.45) is 0 Å². The van der Waals surface area contributed by atoms with E-state index < -0.39 is 11.2 Å². The smallest absolute Gasteiger partial charge is 0.128 e. The predicted molar refractivity (Wildman–Crippen MR) is 77.7 cm³/mol. The molecule has 0 aliphatic carbocycles. The molecule has 0 nitrogen and oxygen atoms in total. The van der Waals surface area contributed by atoms with E-state index in [0.717, 1.165) is 12.8 Å². The van der Waals surface area contributed by atoms with Crippen molar-refractivity contribution in [3.63, 3.8) is 0 Å². The molecule has 0 bridgehead atoms. The van der Waals surface area contributed by atoms with E-state index in [1.165, 1.54) is 37.8 Å². The standard InChI is InChI=1S/C16H23ClF2/c1-3-4-5-6-7-8-9-14(17)13-11-15(18)12(2)10-16(13)19/h10-11,14H,3-9H2,1-2H3. The highest BCUT2D eigenvalue weighted by atomic mass is 35.5. The molecule has 0 heterocycles. The molecule has 0 radical (unpaired) electrons. The molecule has 1 aromatic carbocycles. The van der Waals surface area contributed by atoms with E-state index in [1.54, 1.807) is 6.92 Å². The maximum absolute atomic E-state index is 13.7. The maximum Gasteiger partial charge on any atom is 0.128 e. The topological polar surface area (TPSA) is 0 Å². The summed E-state index contributed by atoms with van der Waals surface area (Å²) < 4.78 is 27.1. The van der Waals surface area contributed by atoms with E-state index >= 15 is 0 Å². The molecule has 0 aliphatic rings. The maximum atomic E-state index is 13.7. The third kappa shape index (κ3) is 5.48. The van der Waals surface area contributed by atoms with Crippen LogP contribution >= 0.6 is 11.6 Å². The van der Waals surface area contributed by atoms with Crippen molar-refractivity contribution in [3.8, 4) is 0 Å². The van der Waals surface area contributed by atoms with E-state index in [1.807, 2.05) is 0 Å².